The predicted molar refractivity (Wildman–Crippen MR) is 112 cm³/mol. The van der Waals surface area contributed by atoms with E-state index >= 15 is 0 Å². The van der Waals surface area contributed by atoms with E-state index in [-0.39, 0.29) is 18.6 Å². The second kappa shape index (κ2) is 8.47. The third-order valence-electron chi connectivity index (χ3n) is 6.39. The van der Waals surface area contributed by atoms with E-state index in [4.69, 9.17) is 10.5 Å². The minimum Gasteiger partial charge on any atom is -0.480 e. The van der Waals surface area contributed by atoms with E-state index in [9.17, 15) is 19.5 Å². The number of fused-ring (bicyclic) bond motifs is 2. The number of carbonyl (C=O) groups excluding carboxylic acids is 2. The average molecular weight is 423 g/mol. The van der Waals surface area contributed by atoms with Crippen LogP contribution >= 0.6 is 0 Å². The number of pyridine rings is 1. The molecule has 1 aromatic heterocycles. The number of carboxylic acid groups (broad SMARTS) is 1. The average Bonchev–Trinajstić information content (AvgIpc) is 3.24. The molecule has 162 valence electrons. The maximum atomic E-state index is 12.7. The monoisotopic (exact) mass is 423 g/mol. The van der Waals surface area contributed by atoms with Gasteiger partial charge >= 0.3 is 11.9 Å². The molecule has 2 aliphatic rings. The number of carbonyl (C=O) groups is 3. The lowest BCUT2D eigenvalue weighted by molar-refractivity contribution is -0.157. The van der Waals surface area contributed by atoms with Gasteiger partial charge in [-0.05, 0) is 48.1 Å². The molecule has 8 nitrogen and oxygen atoms in total. The molecule has 0 spiro atoms. The van der Waals surface area contributed by atoms with E-state index in [1.165, 1.54) is 0 Å². The lowest BCUT2D eigenvalue weighted by atomic mass is 9.66. The molecular weight excluding hydrogens is 398 g/mol. The highest BCUT2D eigenvalue weighted by Gasteiger charge is 2.54. The zero-order valence-electron chi connectivity index (χ0n) is 17.0. The van der Waals surface area contributed by atoms with Gasteiger partial charge in [-0.2, -0.15) is 0 Å². The van der Waals surface area contributed by atoms with E-state index in [0.717, 1.165) is 30.5 Å². The number of nitrogens with two attached hydrogens (primary N) is 1. The Bertz CT molecular complexity index is 996. The largest absolute Gasteiger partial charge is 0.480 e. The minimum absolute atomic E-state index is 0.0309. The van der Waals surface area contributed by atoms with Crippen LogP contribution in [0.2, 0.25) is 0 Å². The number of rotatable bonds is 7. The number of nitrogens with one attached hydrogen (secondary N) is 1. The van der Waals surface area contributed by atoms with Crippen molar-refractivity contribution < 1.29 is 24.2 Å². The van der Waals surface area contributed by atoms with Crippen LogP contribution in [0.15, 0.2) is 48.8 Å². The summed E-state index contributed by atoms with van der Waals surface area (Å²) in [5.41, 5.74) is 6.83. The number of aromatic nitrogens is 1. The van der Waals surface area contributed by atoms with Crippen molar-refractivity contribution in [3.8, 4) is 0 Å². The molecule has 0 saturated heterocycles. The number of nitrogens with zero attached hydrogens (tertiary/aromatic N) is 1. The molecule has 4 N–H and O–H groups in total. The molecule has 2 heterocycles. The van der Waals surface area contributed by atoms with Crippen molar-refractivity contribution in [1.29, 1.82) is 0 Å². The topological polar surface area (TPSA) is 132 Å². The molecular formula is C23H25N3O5. The highest BCUT2D eigenvalue weighted by atomic mass is 16.5. The fourth-order valence-electron chi connectivity index (χ4n) is 4.92. The highest BCUT2D eigenvalue weighted by Crippen LogP contribution is 2.50. The zero-order chi connectivity index (χ0) is 22.0. The summed E-state index contributed by atoms with van der Waals surface area (Å²) >= 11 is 0. The number of ether oxygens (including phenoxy) is 1. The van der Waals surface area contributed by atoms with Crippen LogP contribution in [0.4, 0.5) is 5.69 Å². The van der Waals surface area contributed by atoms with Crippen molar-refractivity contribution >= 4 is 23.4 Å². The molecule has 8 heteroatoms. The Hall–Kier alpha value is -3.26. The van der Waals surface area contributed by atoms with E-state index < -0.39 is 35.6 Å². The molecule has 31 heavy (non-hydrogen) atoms. The molecule has 2 unspecified atom stereocenters. The molecule has 0 radical (unpaired) electrons. The fraction of sp³-hybridized carbons (Fsp3) is 0.391. The Morgan fingerprint density at radius 3 is 2.65 bits per heavy atom. The van der Waals surface area contributed by atoms with E-state index in [1.54, 1.807) is 24.5 Å². The first-order valence-electron chi connectivity index (χ1n) is 10.4. The van der Waals surface area contributed by atoms with Crippen molar-refractivity contribution in [2.75, 3.05) is 5.32 Å². The van der Waals surface area contributed by atoms with Crippen molar-refractivity contribution in [2.24, 2.45) is 11.7 Å². The number of esters is 1. The van der Waals surface area contributed by atoms with E-state index in [2.05, 4.69) is 10.3 Å². The predicted octanol–water partition coefficient (Wildman–Crippen LogP) is 2.24. The summed E-state index contributed by atoms with van der Waals surface area (Å²) in [5, 5.41) is 13.6. The molecule has 1 aromatic carbocycles. The van der Waals surface area contributed by atoms with Gasteiger partial charge in [0.15, 0.2) is 0 Å². The maximum Gasteiger partial charge on any atom is 0.375 e. The summed E-state index contributed by atoms with van der Waals surface area (Å²) < 4.78 is 5.08. The molecule has 1 aliphatic heterocycles. The molecule has 4 rings (SSSR count). The first kappa shape index (κ1) is 21.0. The summed E-state index contributed by atoms with van der Waals surface area (Å²) in [6, 6.07) is 10.9. The summed E-state index contributed by atoms with van der Waals surface area (Å²) in [7, 11) is 0. The highest BCUT2D eigenvalue weighted by molar-refractivity contribution is 6.34. The lowest BCUT2D eigenvalue weighted by Gasteiger charge is -2.44. The van der Waals surface area contributed by atoms with E-state index in [0.29, 0.717) is 5.56 Å². The van der Waals surface area contributed by atoms with Crippen LogP contribution in [0.5, 0.6) is 0 Å². The van der Waals surface area contributed by atoms with Crippen LogP contribution in [-0.4, -0.2) is 39.4 Å². The summed E-state index contributed by atoms with van der Waals surface area (Å²) in [5.74, 6) is -3.94. The fourth-order valence-corrected chi connectivity index (χ4v) is 4.92. The molecule has 0 bridgehead atoms. The third kappa shape index (κ3) is 4.03. The quantitative estimate of drug-likeness (QED) is 0.456. The molecule has 4 atom stereocenters. The summed E-state index contributed by atoms with van der Waals surface area (Å²) in [4.78, 5) is 41.3. The van der Waals surface area contributed by atoms with Crippen molar-refractivity contribution in [1.82, 2.24) is 4.98 Å². The van der Waals surface area contributed by atoms with Gasteiger partial charge in [-0.15, -0.1) is 0 Å². The van der Waals surface area contributed by atoms with Gasteiger partial charge < -0.3 is 20.9 Å². The van der Waals surface area contributed by atoms with Crippen LogP contribution in [0, 0.1) is 5.92 Å². The maximum absolute atomic E-state index is 12.7. The van der Waals surface area contributed by atoms with Crippen LogP contribution in [-0.2, 0) is 25.7 Å². The smallest absolute Gasteiger partial charge is 0.375 e. The van der Waals surface area contributed by atoms with Gasteiger partial charge in [-0.3, -0.25) is 14.6 Å². The lowest BCUT2D eigenvalue weighted by Crippen LogP contribution is -2.59. The van der Waals surface area contributed by atoms with Gasteiger partial charge in [0.1, 0.15) is 12.1 Å². The van der Waals surface area contributed by atoms with Gasteiger partial charge in [0.05, 0.1) is 0 Å². The SMILES string of the molecule is NC(CC(=O)C(=O)OCc1ccncc1)(C(=O)O)C1c2ccccc2N[C@@H]2CCC[C@H]12. The van der Waals surface area contributed by atoms with Crippen molar-refractivity contribution in [3.63, 3.8) is 0 Å². The van der Waals surface area contributed by atoms with Gasteiger partial charge in [0, 0.05) is 36.5 Å². The number of benzene rings is 1. The summed E-state index contributed by atoms with van der Waals surface area (Å²) in [6.45, 7) is -0.0986. The number of Topliss-reactive ketones (excluding diaryl/α,β-unsaturated/α-hetero) is 1. The normalized spacial score (nSPS) is 23.6. The number of para-hydroxylation sites is 1. The van der Waals surface area contributed by atoms with Gasteiger partial charge in [0.2, 0.25) is 5.78 Å². The van der Waals surface area contributed by atoms with Crippen LogP contribution in [0.25, 0.3) is 0 Å². The minimum atomic E-state index is -1.92. The molecule has 1 aliphatic carbocycles. The van der Waals surface area contributed by atoms with Crippen molar-refractivity contribution in [3.05, 3.63) is 59.9 Å². The first-order chi connectivity index (χ1) is 14.9. The number of aliphatic carboxylic acids is 1. The Balaban J connectivity index is 1.57. The molecule has 1 fully saturated rings. The van der Waals surface area contributed by atoms with Crippen LogP contribution < -0.4 is 11.1 Å². The Labute approximate surface area is 179 Å². The van der Waals surface area contributed by atoms with Crippen LogP contribution in [0.3, 0.4) is 0 Å². The second-order valence-electron chi connectivity index (χ2n) is 8.29. The van der Waals surface area contributed by atoms with Gasteiger partial charge in [-0.1, -0.05) is 24.6 Å². The Morgan fingerprint density at radius 1 is 1.16 bits per heavy atom. The number of hydrogen-bond acceptors (Lipinski definition) is 7. The Morgan fingerprint density at radius 2 is 1.90 bits per heavy atom. The number of anilines is 1. The molecule has 1 saturated carbocycles. The Kier molecular flexibility index (Phi) is 5.73. The van der Waals surface area contributed by atoms with E-state index in [1.807, 2.05) is 24.3 Å². The standard InChI is InChI=1S/C23H25N3O5/c24-23(22(29)30,12-19(27)21(28)31-13-14-8-10-25-11-9-14)20-15-4-1-2-6-17(15)26-18-7-3-5-16(18)20/h1-2,4,6,8-11,16,18,20,26H,3,5,7,12-13,24H2,(H,29,30)/t16-,18+,20?,23?/m0/s1. The molecule has 0 amide bonds. The number of carboxylic acids is 1. The molecule has 2 aromatic rings. The van der Waals surface area contributed by atoms with Crippen molar-refractivity contribution in [2.45, 2.75) is 49.8 Å². The number of ketones is 1. The zero-order valence-corrected chi connectivity index (χ0v) is 17.0. The summed E-state index contributed by atoms with van der Waals surface area (Å²) in [6.07, 6.45) is 5.14. The number of hydrogen-bond donors (Lipinski definition) is 3. The second-order valence-corrected chi connectivity index (χ2v) is 8.29. The third-order valence-corrected chi connectivity index (χ3v) is 6.39. The first-order valence-corrected chi connectivity index (χ1v) is 10.4. The van der Waals surface area contributed by atoms with Gasteiger partial charge in [-0.25, -0.2) is 4.79 Å². The van der Waals surface area contributed by atoms with Gasteiger partial charge in [0.25, 0.3) is 0 Å². The van der Waals surface area contributed by atoms with Crippen LogP contribution in [0.1, 0.15) is 42.7 Å².